The van der Waals surface area contributed by atoms with E-state index in [0.29, 0.717) is 18.3 Å². The minimum atomic E-state index is -0.171. The third-order valence-electron chi connectivity index (χ3n) is 5.75. The highest BCUT2D eigenvalue weighted by molar-refractivity contribution is 5.59. The highest BCUT2D eigenvalue weighted by atomic mass is 16.5. The van der Waals surface area contributed by atoms with Crippen LogP contribution in [0.1, 0.15) is 42.4 Å². The molecule has 0 spiro atoms. The first-order chi connectivity index (χ1) is 15.0. The molecule has 3 aromatic rings. The van der Waals surface area contributed by atoms with Crippen LogP contribution in [0.25, 0.3) is 11.4 Å². The van der Waals surface area contributed by atoms with Crippen LogP contribution in [-0.2, 0) is 11.3 Å². The molecule has 3 aromatic heterocycles. The number of hydrogen-bond acceptors (Lipinski definition) is 9. The largest absolute Gasteiger partial charge is 0.374 e. The molecule has 4 heterocycles. The van der Waals surface area contributed by atoms with Gasteiger partial charge in [-0.05, 0) is 39.3 Å². The predicted octanol–water partition coefficient (Wildman–Crippen LogP) is 2.96. The number of rotatable bonds is 6. The lowest BCUT2D eigenvalue weighted by Crippen LogP contribution is -2.31. The Morgan fingerprint density at radius 3 is 2.65 bits per heavy atom. The van der Waals surface area contributed by atoms with Crippen LogP contribution in [-0.4, -0.2) is 63.3 Å². The van der Waals surface area contributed by atoms with Crippen molar-refractivity contribution in [3.8, 4) is 11.4 Å². The summed E-state index contributed by atoms with van der Waals surface area (Å²) in [5, 5.41) is 4.03. The van der Waals surface area contributed by atoms with Gasteiger partial charge in [-0.1, -0.05) is 5.16 Å². The zero-order valence-electron chi connectivity index (χ0n) is 18.6. The van der Waals surface area contributed by atoms with Crippen LogP contribution >= 0.6 is 0 Å². The topological polar surface area (TPSA) is 93.3 Å². The number of methoxy groups -OCH3 is 1. The standard InChI is InChI=1S/C22H29N7O2/c1-15-16(2)24-21(18-6-8-23-9-7-18)26-22(15)29-11-5-10-28(12-13-29)14-19-25-20(27-31-19)17(3)30-4/h6-9,17H,5,10-14H2,1-4H3. The molecule has 9 nitrogen and oxygen atoms in total. The van der Waals surface area contributed by atoms with E-state index < -0.39 is 0 Å². The summed E-state index contributed by atoms with van der Waals surface area (Å²) < 4.78 is 10.7. The fourth-order valence-corrected chi connectivity index (χ4v) is 3.69. The van der Waals surface area contributed by atoms with Gasteiger partial charge in [0, 0.05) is 62.5 Å². The van der Waals surface area contributed by atoms with Crippen molar-refractivity contribution < 1.29 is 9.26 Å². The second-order valence-corrected chi connectivity index (χ2v) is 7.86. The fraction of sp³-hybridized carbons (Fsp3) is 0.500. The van der Waals surface area contributed by atoms with E-state index in [1.165, 1.54) is 0 Å². The Hall–Kier alpha value is -2.91. The summed E-state index contributed by atoms with van der Waals surface area (Å²) in [6.45, 7) is 10.4. The number of ether oxygens (including phenoxy) is 1. The van der Waals surface area contributed by atoms with Gasteiger partial charge in [0.25, 0.3) is 0 Å². The summed E-state index contributed by atoms with van der Waals surface area (Å²) in [7, 11) is 1.64. The van der Waals surface area contributed by atoms with Gasteiger partial charge < -0.3 is 14.2 Å². The summed E-state index contributed by atoms with van der Waals surface area (Å²) in [5.74, 6) is 2.97. The van der Waals surface area contributed by atoms with Gasteiger partial charge in [0.1, 0.15) is 11.9 Å². The van der Waals surface area contributed by atoms with E-state index in [1.54, 1.807) is 19.5 Å². The van der Waals surface area contributed by atoms with Crippen molar-refractivity contribution in [2.45, 2.75) is 39.8 Å². The Morgan fingerprint density at radius 2 is 1.87 bits per heavy atom. The summed E-state index contributed by atoms with van der Waals surface area (Å²) in [4.78, 5) is 22.9. The Kier molecular flexibility index (Phi) is 6.53. The van der Waals surface area contributed by atoms with Crippen LogP contribution in [0, 0.1) is 13.8 Å². The molecule has 1 atom stereocenters. The van der Waals surface area contributed by atoms with Crippen LogP contribution in [0.15, 0.2) is 29.0 Å². The first kappa shape index (κ1) is 21.3. The van der Waals surface area contributed by atoms with E-state index in [0.717, 1.165) is 61.1 Å². The Balaban J connectivity index is 1.47. The van der Waals surface area contributed by atoms with E-state index >= 15 is 0 Å². The lowest BCUT2D eigenvalue weighted by atomic mass is 10.2. The summed E-state index contributed by atoms with van der Waals surface area (Å²) >= 11 is 0. The number of hydrogen-bond donors (Lipinski definition) is 0. The van der Waals surface area contributed by atoms with E-state index in [1.807, 2.05) is 26.0 Å². The van der Waals surface area contributed by atoms with Gasteiger partial charge in [-0.25, -0.2) is 9.97 Å². The molecule has 0 aromatic carbocycles. The molecular weight excluding hydrogens is 394 g/mol. The monoisotopic (exact) mass is 423 g/mol. The minimum absolute atomic E-state index is 0.171. The molecule has 9 heteroatoms. The molecule has 1 saturated heterocycles. The Labute approximate surface area is 182 Å². The average molecular weight is 424 g/mol. The lowest BCUT2D eigenvalue weighted by Gasteiger charge is -2.25. The van der Waals surface area contributed by atoms with E-state index in [4.69, 9.17) is 19.2 Å². The van der Waals surface area contributed by atoms with Gasteiger partial charge in [-0.2, -0.15) is 4.98 Å². The normalized spacial score (nSPS) is 16.3. The van der Waals surface area contributed by atoms with Crippen LogP contribution in [0.2, 0.25) is 0 Å². The molecule has 0 saturated carbocycles. The van der Waals surface area contributed by atoms with Crippen molar-refractivity contribution in [2.24, 2.45) is 0 Å². The molecule has 4 rings (SSSR count). The third kappa shape index (κ3) is 4.88. The molecule has 0 radical (unpaired) electrons. The van der Waals surface area contributed by atoms with Gasteiger partial charge in [-0.15, -0.1) is 0 Å². The minimum Gasteiger partial charge on any atom is -0.374 e. The second-order valence-electron chi connectivity index (χ2n) is 7.86. The van der Waals surface area contributed by atoms with Crippen LogP contribution in [0.3, 0.4) is 0 Å². The molecule has 0 amide bonds. The van der Waals surface area contributed by atoms with Crippen LogP contribution in [0.5, 0.6) is 0 Å². The van der Waals surface area contributed by atoms with Crippen molar-refractivity contribution in [1.29, 1.82) is 0 Å². The summed E-state index contributed by atoms with van der Waals surface area (Å²) in [6.07, 6.45) is 4.40. The molecule has 1 unspecified atom stereocenters. The van der Waals surface area contributed by atoms with Crippen LogP contribution in [0.4, 0.5) is 5.82 Å². The van der Waals surface area contributed by atoms with Gasteiger partial charge in [0.15, 0.2) is 11.6 Å². The fourth-order valence-electron chi connectivity index (χ4n) is 3.69. The van der Waals surface area contributed by atoms with Gasteiger partial charge in [0.05, 0.1) is 6.54 Å². The summed E-state index contributed by atoms with van der Waals surface area (Å²) in [6, 6.07) is 3.89. The highest BCUT2D eigenvalue weighted by Gasteiger charge is 2.22. The predicted molar refractivity (Wildman–Crippen MR) is 117 cm³/mol. The molecule has 0 N–H and O–H groups in total. The molecule has 1 aliphatic rings. The zero-order valence-corrected chi connectivity index (χ0v) is 18.6. The van der Waals surface area contributed by atoms with Gasteiger partial charge in [0.2, 0.25) is 5.89 Å². The third-order valence-corrected chi connectivity index (χ3v) is 5.75. The van der Waals surface area contributed by atoms with Crippen molar-refractivity contribution in [1.82, 2.24) is 30.0 Å². The quantitative estimate of drug-likeness (QED) is 0.593. The maximum atomic E-state index is 5.42. The van der Waals surface area contributed by atoms with Gasteiger partial charge >= 0.3 is 0 Å². The second kappa shape index (κ2) is 9.49. The van der Waals surface area contributed by atoms with Crippen LogP contribution < -0.4 is 4.90 Å². The van der Waals surface area contributed by atoms with E-state index in [-0.39, 0.29) is 6.10 Å². The average Bonchev–Trinajstić information content (AvgIpc) is 3.14. The Morgan fingerprint density at radius 1 is 1.06 bits per heavy atom. The maximum absolute atomic E-state index is 5.42. The van der Waals surface area contributed by atoms with Gasteiger partial charge in [-0.3, -0.25) is 9.88 Å². The first-order valence-electron chi connectivity index (χ1n) is 10.6. The highest BCUT2D eigenvalue weighted by Crippen LogP contribution is 2.25. The molecule has 31 heavy (non-hydrogen) atoms. The summed E-state index contributed by atoms with van der Waals surface area (Å²) in [5.41, 5.74) is 3.11. The van der Waals surface area contributed by atoms with Crippen molar-refractivity contribution in [3.63, 3.8) is 0 Å². The molecule has 1 fully saturated rings. The molecule has 164 valence electrons. The SMILES string of the molecule is COC(C)c1noc(CN2CCCN(c3nc(-c4ccncc4)nc(C)c3C)CC2)n1. The molecule has 0 aliphatic carbocycles. The number of aryl methyl sites for hydroxylation is 1. The molecule has 1 aliphatic heterocycles. The number of aromatic nitrogens is 5. The maximum Gasteiger partial charge on any atom is 0.240 e. The number of pyridine rings is 1. The Bertz CT molecular complexity index is 1010. The first-order valence-corrected chi connectivity index (χ1v) is 10.6. The molecular formula is C22H29N7O2. The molecule has 0 bridgehead atoms. The van der Waals surface area contributed by atoms with Crippen molar-refractivity contribution in [2.75, 3.05) is 38.2 Å². The lowest BCUT2D eigenvalue weighted by molar-refractivity contribution is 0.109. The number of anilines is 1. The van der Waals surface area contributed by atoms with Crippen molar-refractivity contribution in [3.05, 3.63) is 47.5 Å². The van der Waals surface area contributed by atoms with E-state index in [9.17, 15) is 0 Å². The van der Waals surface area contributed by atoms with Crippen molar-refractivity contribution >= 4 is 5.82 Å². The zero-order chi connectivity index (χ0) is 21.8. The number of nitrogens with zero attached hydrogens (tertiary/aromatic N) is 7. The smallest absolute Gasteiger partial charge is 0.240 e. The van der Waals surface area contributed by atoms with E-state index in [2.05, 4.69) is 31.8 Å².